The molecule has 0 aliphatic carbocycles. The third-order valence-electron chi connectivity index (χ3n) is 3.23. The average molecular weight is 314 g/mol. The highest BCUT2D eigenvalue weighted by Gasteiger charge is 2.22. The standard InChI is InChI=1S/C18H34O4/c1-6-8-10-12-15(14-17(20)22-18(3,4)5)21-16(19)13-11-9-7-2/h15H,6-14H2,1-5H3. The molecular weight excluding hydrogens is 280 g/mol. The topological polar surface area (TPSA) is 52.6 Å². The van der Waals surface area contributed by atoms with Gasteiger partial charge in [-0.2, -0.15) is 0 Å². The smallest absolute Gasteiger partial charge is 0.310 e. The molecule has 0 saturated carbocycles. The third kappa shape index (κ3) is 12.7. The molecule has 0 saturated heterocycles. The molecule has 0 radical (unpaired) electrons. The summed E-state index contributed by atoms with van der Waals surface area (Å²) >= 11 is 0. The maximum atomic E-state index is 11.9. The zero-order chi connectivity index (χ0) is 17.0. The monoisotopic (exact) mass is 314 g/mol. The quantitative estimate of drug-likeness (QED) is 0.406. The second kappa shape index (κ2) is 11.5. The Kier molecular flexibility index (Phi) is 10.9. The Hall–Kier alpha value is -1.06. The lowest BCUT2D eigenvalue weighted by atomic mass is 10.1. The lowest BCUT2D eigenvalue weighted by Gasteiger charge is -2.22. The summed E-state index contributed by atoms with van der Waals surface area (Å²) in [6.45, 7) is 9.75. The van der Waals surface area contributed by atoms with Gasteiger partial charge in [0.1, 0.15) is 11.7 Å². The molecule has 0 spiro atoms. The van der Waals surface area contributed by atoms with Gasteiger partial charge in [-0.3, -0.25) is 9.59 Å². The predicted molar refractivity (Wildman–Crippen MR) is 88.6 cm³/mol. The van der Waals surface area contributed by atoms with E-state index >= 15 is 0 Å². The van der Waals surface area contributed by atoms with Crippen LogP contribution in [-0.4, -0.2) is 23.6 Å². The van der Waals surface area contributed by atoms with Gasteiger partial charge in [0.05, 0.1) is 6.42 Å². The van der Waals surface area contributed by atoms with Crippen LogP contribution in [0.25, 0.3) is 0 Å². The molecule has 4 heteroatoms. The number of hydrogen-bond donors (Lipinski definition) is 0. The number of hydrogen-bond acceptors (Lipinski definition) is 4. The fraction of sp³-hybridized carbons (Fsp3) is 0.889. The molecule has 0 aromatic carbocycles. The second-order valence-corrected chi connectivity index (χ2v) is 6.86. The van der Waals surface area contributed by atoms with Gasteiger partial charge in [-0.05, 0) is 40.0 Å². The molecule has 0 aliphatic rings. The first-order chi connectivity index (χ1) is 10.3. The molecule has 0 fully saturated rings. The summed E-state index contributed by atoms with van der Waals surface area (Å²) < 4.78 is 10.8. The maximum Gasteiger partial charge on any atom is 0.310 e. The van der Waals surface area contributed by atoms with Gasteiger partial charge in [-0.15, -0.1) is 0 Å². The molecule has 0 aromatic rings. The molecule has 0 rings (SSSR count). The Bertz CT molecular complexity index is 318. The van der Waals surface area contributed by atoms with Crippen molar-refractivity contribution < 1.29 is 19.1 Å². The highest BCUT2D eigenvalue weighted by atomic mass is 16.6. The summed E-state index contributed by atoms with van der Waals surface area (Å²) in [5.41, 5.74) is -0.504. The molecule has 1 unspecified atom stereocenters. The molecule has 0 heterocycles. The summed E-state index contributed by atoms with van der Waals surface area (Å²) in [5, 5.41) is 0. The van der Waals surface area contributed by atoms with E-state index in [1.165, 1.54) is 0 Å². The van der Waals surface area contributed by atoms with Crippen molar-refractivity contribution in [1.82, 2.24) is 0 Å². The van der Waals surface area contributed by atoms with Crippen LogP contribution in [0.4, 0.5) is 0 Å². The average Bonchev–Trinajstić information content (AvgIpc) is 2.36. The fourth-order valence-corrected chi connectivity index (χ4v) is 2.16. The van der Waals surface area contributed by atoms with Crippen molar-refractivity contribution in [3.63, 3.8) is 0 Å². The van der Waals surface area contributed by atoms with Crippen LogP contribution in [0.3, 0.4) is 0 Å². The van der Waals surface area contributed by atoms with Gasteiger partial charge in [0.15, 0.2) is 0 Å². The highest BCUT2D eigenvalue weighted by molar-refractivity contribution is 5.72. The maximum absolute atomic E-state index is 11.9. The van der Waals surface area contributed by atoms with Crippen LogP contribution in [0.5, 0.6) is 0 Å². The van der Waals surface area contributed by atoms with Crippen molar-refractivity contribution in [2.24, 2.45) is 0 Å². The lowest BCUT2D eigenvalue weighted by molar-refractivity contribution is -0.161. The predicted octanol–water partition coefficient (Wildman–Crippen LogP) is 4.79. The first-order valence-corrected chi connectivity index (χ1v) is 8.69. The molecule has 0 aliphatic heterocycles. The van der Waals surface area contributed by atoms with Gasteiger partial charge in [-0.25, -0.2) is 0 Å². The molecule has 0 amide bonds. The molecule has 130 valence electrons. The normalized spacial score (nSPS) is 12.8. The number of esters is 2. The Morgan fingerprint density at radius 2 is 1.50 bits per heavy atom. The first kappa shape index (κ1) is 20.9. The minimum Gasteiger partial charge on any atom is -0.462 e. The van der Waals surface area contributed by atoms with Crippen LogP contribution in [0, 0.1) is 0 Å². The van der Waals surface area contributed by atoms with E-state index in [0.29, 0.717) is 6.42 Å². The van der Waals surface area contributed by atoms with Crippen molar-refractivity contribution in [2.45, 2.75) is 104 Å². The minimum absolute atomic E-state index is 0.153. The zero-order valence-corrected chi connectivity index (χ0v) is 15.1. The molecule has 1 atom stereocenters. The third-order valence-corrected chi connectivity index (χ3v) is 3.23. The molecular formula is C18H34O4. The Labute approximate surface area is 135 Å². The van der Waals surface area contributed by atoms with Crippen molar-refractivity contribution in [1.29, 1.82) is 0 Å². The summed E-state index contributed by atoms with van der Waals surface area (Å²) in [7, 11) is 0. The largest absolute Gasteiger partial charge is 0.462 e. The highest BCUT2D eigenvalue weighted by Crippen LogP contribution is 2.16. The fourth-order valence-electron chi connectivity index (χ4n) is 2.16. The van der Waals surface area contributed by atoms with Crippen molar-refractivity contribution in [2.75, 3.05) is 0 Å². The molecule has 0 aromatic heterocycles. The molecule has 0 bridgehead atoms. The van der Waals surface area contributed by atoms with E-state index in [4.69, 9.17) is 9.47 Å². The zero-order valence-electron chi connectivity index (χ0n) is 15.1. The number of carbonyl (C=O) groups is 2. The number of unbranched alkanes of at least 4 members (excludes halogenated alkanes) is 4. The van der Waals surface area contributed by atoms with Crippen LogP contribution in [0.1, 0.15) is 92.4 Å². The van der Waals surface area contributed by atoms with Crippen molar-refractivity contribution in [3.05, 3.63) is 0 Å². The van der Waals surface area contributed by atoms with Gasteiger partial charge in [0, 0.05) is 6.42 Å². The number of carbonyl (C=O) groups excluding carboxylic acids is 2. The van der Waals surface area contributed by atoms with E-state index in [-0.39, 0.29) is 24.5 Å². The van der Waals surface area contributed by atoms with E-state index in [0.717, 1.165) is 44.9 Å². The van der Waals surface area contributed by atoms with E-state index in [9.17, 15) is 9.59 Å². The van der Waals surface area contributed by atoms with Crippen LogP contribution in [0.15, 0.2) is 0 Å². The number of ether oxygens (including phenoxy) is 2. The van der Waals surface area contributed by atoms with Gasteiger partial charge in [0.2, 0.25) is 0 Å². The summed E-state index contributed by atoms with van der Waals surface area (Å²) in [5.74, 6) is -0.492. The van der Waals surface area contributed by atoms with E-state index in [1.807, 2.05) is 20.8 Å². The minimum atomic E-state index is -0.504. The van der Waals surface area contributed by atoms with E-state index in [1.54, 1.807) is 0 Å². The van der Waals surface area contributed by atoms with Crippen LogP contribution >= 0.6 is 0 Å². The Morgan fingerprint density at radius 1 is 0.909 bits per heavy atom. The second-order valence-electron chi connectivity index (χ2n) is 6.86. The molecule has 4 nitrogen and oxygen atoms in total. The van der Waals surface area contributed by atoms with Crippen LogP contribution in [0.2, 0.25) is 0 Å². The van der Waals surface area contributed by atoms with Crippen molar-refractivity contribution in [3.8, 4) is 0 Å². The van der Waals surface area contributed by atoms with Crippen LogP contribution in [-0.2, 0) is 19.1 Å². The summed E-state index contributed by atoms with van der Waals surface area (Å²) in [6, 6.07) is 0. The SMILES string of the molecule is CCCCCC(=O)OC(CCCCC)CC(=O)OC(C)(C)C. The number of rotatable bonds is 11. The van der Waals surface area contributed by atoms with Gasteiger partial charge in [0.25, 0.3) is 0 Å². The Morgan fingerprint density at radius 3 is 2.05 bits per heavy atom. The Balaban J connectivity index is 4.35. The van der Waals surface area contributed by atoms with Crippen LogP contribution < -0.4 is 0 Å². The van der Waals surface area contributed by atoms with Gasteiger partial charge in [-0.1, -0.05) is 39.5 Å². The summed E-state index contributed by atoms with van der Waals surface area (Å²) in [6.07, 6.45) is 7.07. The van der Waals surface area contributed by atoms with E-state index < -0.39 is 5.60 Å². The molecule has 0 N–H and O–H groups in total. The van der Waals surface area contributed by atoms with Gasteiger partial charge < -0.3 is 9.47 Å². The van der Waals surface area contributed by atoms with Gasteiger partial charge >= 0.3 is 11.9 Å². The lowest BCUT2D eigenvalue weighted by Crippen LogP contribution is -2.28. The summed E-state index contributed by atoms with van der Waals surface area (Å²) in [4.78, 5) is 23.8. The van der Waals surface area contributed by atoms with Crippen molar-refractivity contribution >= 4 is 11.9 Å². The molecule has 22 heavy (non-hydrogen) atoms. The first-order valence-electron chi connectivity index (χ1n) is 8.69. The van der Waals surface area contributed by atoms with E-state index in [2.05, 4.69) is 13.8 Å².